The standard InChI is InChI=1S/C65H96N8O18/c1-10-49(76)43(6)58-50(88-58)38-64(8,86)29-16-17-41(4)57-42(5)20-25-51(65(9,91-44(7)74)30-28-47(75)37-55(80)90-57)89-63(85)72-35-33-71(34-36-72)62(84)87-39-45-21-23-46(24-22-45)68-59(81)48(18-13-14-31-67-61(66)83)69-60(82)56(40(2)3)70-52(77)19-12-11-15-32-73-53(78)26-27-54(73)79/h16-17,20-27,29,40,42-43,47-51,56-58,75-76,86H,10-15,18-19,28,30-39H2,1-9H3,(H,68,81)(H,69,82)(H,70,77)(H3,66,67,83)/b25-20+,29-16+,41-17+/t42-,43+,47+,48-,49-,50+,51-,56-,57+,58+,64-,65+/m0/s1. The molecule has 1 aromatic carbocycles. The Morgan fingerprint density at radius 3 is 2.18 bits per heavy atom. The quantitative estimate of drug-likeness (QED) is 0.00981. The van der Waals surface area contributed by atoms with E-state index < -0.39 is 95.6 Å². The van der Waals surface area contributed by atoms with Gasteiger partial charge in [0.1, 0.15) is 30.4 Å². The van der Waals surface area contributed by atoms with Gasteiger partial charge < -0.3 is 75.8 Å². The number of piperazine rings is 1. The number of aliphatic hydroxyl groups excluding tert-OH is 2. The summed E-state index contributed by atoms with van der Waals surface area (Å²) in [5.41, 5.74) is 4.00. The van der Waals surface area contributed by atoms with Gasteiger partial charge in [-0.2, -0.15) is 0 Å². The molecule has 4 heterocycles. The number of esters is 2. The molecule has 4 aliphatic heterocycles. The number of hydrogen-bond donors (Lipinski definition) is 8. The van der Waals surface area contributed by atoms with Crippen LogP contribution in [-0.2, 0) is 63.9 Å². The van der Waals surface area contributed by atoms with Crippen molar-refractivity contribution in [3.63, 3.8) is 0 Å². The van der Waals surface area contributed by atoms with E-state index in [9.17, 15) is 63.3 Å². The Bertz CT molecular complexity index is 2800. The van der Waals surface area contributed by atoms with Gasteiger partial charge in [0.05, 0.1) is 36.4 Å². The van der Waals surface area contributed by atoms with Crippen LogP contribution in [0.4, 0.5) is 20.1 Å². The first kappa shape index (κ1) is 74.1. The zero-order valence-electron chi connectivity index (χ0n) is 54.0. The number of allylic oxidation sites excluding steroid dienone is 2. The van der Waals surface area contributed by atoms with Gasteiger partial charge in [-0.3, -0.25) is 38.5 Å². The summed E-state index contributed by atoms with van der Waals surface area (Å²) < 4.78 is 29.3. The summed E-state index contributed by atoms with van der Waals surface area (Å²) in [5, 5.41) is 43.4. The van der Waals surface area contributed by atoms with Gasteiger partial charge in [-0.25, -0.2) is 14.4 Å². The lowest BCUT2D eigenvalue weighted by Crippen LogP contribution is -2.54. The summed E-state index contributed by atoms with van der Waals surface area (Å²) in [6.45, 7) is 16.0. The highest BCUT2D eigenvalue weighted by Gasteiger charge is 2.47. The maximum atomic E-state index is 14.0. The molecular weight excluding hydrogens is 1180 g/mol. The number of primary amides is 1. The third-order valence-corrected chi connectivity index (χ3v) is 16.6. The first-order chi connectivity index (χ1) is 43.0. The Morgan fingerprint density at radius 1 is 0.890 bits per heavy atom. The molecule has 0 bridgehead atoms. The number of cyclic esters (lactones) is 1. The smallest absolute Gasteiger partial charge is 0.410 e. The second-order valence-electron chi connectivity index (χ2n) is 24.9. The van der Waals surface area contributed by atoms with Crippen LogP contribution in [-0.4, -0.2) is 189 Å². The van der Waals surface area contributed by atoms with Crippen molar-refractivity contribution < 1.29 is 86.9 Å². The maximum absolute atomic E-state index is 14.0. The summed E-state index contributed by atoms with van der Waals surface area (Å²) >= 11 is 0. The third kappa shape index (κ3) is 24.1. The first-order valence-corrected chi connectivity index (χ1v) is 31.6. The largest absolute Gasteiger partial charge is 0.457 e. The highest BCUT2D eigenvalue weighted by Crippen LogP contribution is 2.38. The molecule has 12 atom stereocenters. The molecule has 4 aliphatic rings. The lowest BCUT2D eigenvalue weighted by atomic mass is 9.88. The number of nitrogens with one attached hydrogen (secondary N) is 4. The maximum Gasteiger partial charge on any atom is 0.410 e. The number of anilines is 1. The highest BCUT2D eigenvalue weighted by atomic mass is 16.6. The van der Waals surface area contributed by atoms with Gasteiger partial charge in [-0.05, 0) is 107 Å². The molecule has 0 aliphatic carbocycles. The summed E-state index contributed by atoms with van der Waals surface area (Å²) in [4.78, 5) is 133. The van der Waals surface area contributed by atoms with Crippen molar-refractivity contribution in [3.8, 4) is 0 Å². The molecule has 26 heteroatoms. The molecule has 2 saturated heterocycles. The SMILES string of the molecule is CC[C@H](O)[C@@H](C)[C@H]1O[C@@H]1C[C@@](C)(O)/C=C/C=C(\C)[C@H]1OC(=O)C[C@H](O)CC[C@@](C)(OC(C)=O)[C@@H](OC(=O)N2CCN(C(=O)OCc3ccc(NC(=O)[C@H](CCCCNC(N)=O)NC(=O)[C@@H](NC(=O)CCCCCN4C(=O)C=CC4=O)C(C)C)cc3)CC2)/C=C/[C@@H]1C. The van der Waals surface area contributed by atoms with E-state index >= 15 is 0 Å². The zero-order valence-corrected chi connectivity index (χ0v) is 54.0. The fourth-order valence-electron chi connectivity index (χ4n) is 11.0. The average Bonchev–Trinajstić information content (AvgIpc) is 1.76. The number of unbranched alkanes of at least 4 members (excludes halogenated alkanes) is 3. The topological polar surface area (TPSA) is 365 Å². The van der Waals surface area contributed by atoms with Gasteiger partial charge in [-0.15, -0.1) is 0 Å². The lowest BCUT2D eigenvalue weighted by Gasteiger charge is -2.38. The molecule has 9 amide bonds. The number of urea groups is 1. The van der Waals surface area contributed by atoms with Crippen molar-refractivity contribution in [3.05, 3.63) is 77.9 Å². The predicted octanol–water partition coefficient (Wildman–Crippen LogP) is 5.12. The normalized spacial score (nSPS) is 24.6. The molecule has 0 aromatic heterocycles. The van der Waals surface area contributed by atoms with Crippen LogP contribution in [0.3, 0.4) is 0 Å². The number of nitrogens with zero attached hydrogens (tertiary/aromatic N) is 3. The number of aliphatic hydroxyl groups is 3. The Hall–Kier alpha value is -7.68. The lowest BCUT2D eigenvalue weighted by molar-refractivity contribution is -0.168. The predicted molar refractivity (Wildman–Crippen MR) is 334 cm³/mol. The molecule has 0 radical (unpaired) electrons. The van der Waals surface area contributed by atoms with Crippen LogP contribution < -0.4 is 27.0 Å². The van der Waals surface area contributed by atoms with Crippen molar-refractivity contribution >= 4 is 65.4 Å². The number of benzene rings is 1. The molecule has 91 heavy (non-hydrogen) atoms. The minimum absolute atomic E-state index is 0.00418. The fourth-order valence-corrected chi connectivity index (χ4v) is 11.0. The van der Waals surface area contributed by atoms with Gasteiger partial charge in [0, 0.05) is 88.7 Å². The number of epoxide rings is 1. The van der Waals surface area contributed by atoms with Crippen molar-refractivity contribution in [1.29, 1.82) is 0 Å². The number of ether oxygens (including phenoxy) is 5. The Kier molecular flexibility index (Phi) is 28.7. The van der Waals surface area contributed by atoms with Gasteiger partial charge in [-0.1, -0.05) is 77.5 Å². The van der Waals surface area contributed by atoms with E-state index in [1.54, 1.807) is 96.2 Å². The molecular formula is C65H96N8O18. The van der Waals surface area contributed by atoms with Crippen LogP contribution in [0.5, 0.6) is 0 Å². The zero-order chi connectivity index (χ0) is 67.2. The second kappa shape index (κ2) is 35.2. The molecule has 0 saturated carbocycles. The van der Waals surface area contributed by atoms with Crippen LogP contribution in [0.1, 0.15) is 145 Å². The van der Waals surface area contributed by atoms with E-state index in [1.165, 1.54) is 28.9 Å². The van der Waals surface area contributed by atoms with Crippen molar-refractivity contribution in [1.82, 2.24) is 30.7 Å². The highest BCUT2D eigenvalue weighted by molar-refractivity contribution is 6.12. The number of carbonyl (C=O) groups excluding carboxylic acids is 10. The minimum Gasteiger partial charge on any atom is -0.457 e. The van der Waals surface area contributed by atoms with Crippen LogP contribution in [0, 0.1) is 17.8 Å². The van der Waals surface area contributed by atoms with Crippen molar-refractivity contribution in [2.24, 2.45) is 23.5 Å². The third-order valence-electron chi connectivity index (χ3n) is 16.6. The number of imide groups is 1. The van der Waals surface area contributed by atoms with Gasteiger partial charge in [0.2, 0.25) is 17.7 Å². The number of hydrogen-bond acceptors (Lipinski definition) is 18. The first-order valence-electron chi connectivity index (χ1n) is 31.6. The van der Waals surface area contributed by atoms with Crippen LogP contribution in [0.15, 0.2) is 72.4 Å². The second-order valence-corrected chi connectivity index (χ2v) is 24.9. The van der Waals surface area contributed by atoms with Crippen LogP contribution >= 0.6 is 0 Å². The van der Waals surface area contributed by atoms with E-state index in [2.05, 4.69) is 21.3 Å². The van der Waals surface area contributed by atoms with E-state index in [0.29, 0.717) is 61.8 Å². The molecule has 26 nitrogen and oxygen atoms in total. The molecule has 0 spiro atoms. The van der Waals surface area contributed by atoms with Crippen molar-refractivity contribution in [2.45, 2.75) is 206 Å². The molecule has 5 rings (SSSR count). The van der Waals surface area contributed by atoms with Gasteiger partial charge >= 0.3 is 30.2 Å². The number of nitrogens with two attached hydrogens (primary N) is 1. The van der Waals surface area contributed by atoms with Gasteiger partial charge in [0.25, 0.3) is 11.8 Å². The summed E-state index contributed by atoms with van der Waals surface area (Å²) in [5.74, 6) is -4.55. The average molecular weight is 1280 g/mol. The molecule has 1 aromatic rings. The summed E-state index contributed by atoms with van der Waals surface area (Å²) in [6.07, 6.45) is 8.32. The van der Waals surface area contributed by atoms with Crippen LogP contribution in [0.2, 0.25) is 0 Å². The Labute approximate surface area is 533 Å². The van der Waals surface area contributed by atoms with E-state index in [1.807, 2.05) is 13.8 Å². The Balaban J connectivity index is 1.15. The monoisotopic (exact) mass is 1280 g/mol. The van der Waals surface area contributed by atoms with E-state index in [-0.39, 0.29) is 120 Å². The molecule has 9 N–H and O–H groups in total. The number of rotatable bonds is 29. The van der Waals surface area contributed by atoms with E-state index in [4.69, 9.17) is 29.4 Å². The van der Waals surface area contributed by atoms with Gasteiger partial charge in [0.15, 0.2) is 6.10 Å². The Morgan fingerprint density at radius 2 is 1.55 bits per heavy atom. The van der Waals surface area contributed by atoms with Crippen LogP contribution in [0.25, 0.3) is 0 Å². The molecule has 0 unspecified atom stereocenters. The number of carbonyl (C=O) groups is 10. The fraction of sp³-hybridized carbons (Fsp3) is 0.631. The number of amides is 9. The minimum atomic E-state index is -1.50. The summed E-state index contributed by atoms with van der Waals surface area (Å²) in [7, 11) is 0. The molecule has 2 fully saturated rings. The summed E-state index contributed by atoms with van der Waals surface area (Å²) in [6, 6.07) is 3.77. The molecule has 504 valence electrons. The van der Waals surface area contributed by atoms with E-state index in [0.717, 1.165) is 4.90 Å². The van der Waals surface area contributed by atoms with Crippen molar-refractivity contribution in [2.75, 3.05) is 44.6 Å².